The molecule has 2 nitrogen and oxygen atoms in total. The van der Waals surface area contributed by atoms with Crippen LogP contribution < -0.4 is 5.32 Å². The number of thiazole rings is 1. The van der Waals surface area contributed by atoms with Gasteiger partial charge in [0, 0.05) is 21.4 Å². The van der Waals surface area contributed by atoms with Crippen LogP contribution in [-0.4, -0.2) is 16.8 Å². The van der Waals surface area contributed by atoms with E-state index >= 15 is 0 Å². The van der Waals surface area contributed by atoms with Gasteiger partial charge in [-0.05, 0) is 20.9 Å². The molecule has 0 saturated carbocycles. The molecule has 16 heavy (non-hydrogen) atoms. The van der Waals surface area contributed by atoms with Gasteiger partial charge in [0.05, 0.1) is 5.69 Å². The average molecular weight is 258 g/mol. The molecule has 1 aromatic rings. The smallest absolute Gasteiger partial charge is 0.103 e. The highest BCUT2D eigenvalue weighted by molar-refractivity contribution is 7.99. The summed E-state index contributed by atoms with van der Waals surface area (Å²) in [7, 11) is 1.99. The molecule has 0 amide bonds. The molecule has 1 unspecified atom stereocenters. The van der Waals surface area contributed by atoms with Gasteiger partial charge in [0.1, 0.15) is 5.01 Å². The predicted octanol–water partition coefficient (Wildman–Crippen LogP) is 3.76. The predicted molar refractivity (Wildman–Crippen MR) is 75.4 cm³/mol. The number of hydrogen-bond donors (Lipinski definition) is 1. The zero-order valence-corrected chi connectivity index (χ0v) is 12.7. The zero-order chi connectivity index (χ0) is 12.3. The van der Waals surface area contributed by atoms with E-state index in [1.54, 1.807) is 0 Å². The first-order valence-electron chi connectivity index (χ1n) is 5.61. The SMILES string of the molecule is CNC(C)c1sc(CSC(C)(C)C)nc1C. The van der Waals surface area contributed by atoms with Gasteiger partial charge in [-0.1, -0.05) is 20.8 Å². The van der Waals surface area contributed by atoms with Gasteiger partial charge in [-0.25, -0.2) is 4.98 Å². The highest BCUT2D eigenvalue weighted by atomic mass is 32.2. The third kappa shape index (κ3) is 4.07. The summed E-state index contributed by atoms with van der Waals surface area (Å²) in [5.74, 6) is 1.02. The Morgan fingerprint density at radius 3 is 2.56 bits per heavy atom. The molecule has 1 rings (SSSR count). The van der Waals surface area contributed by atoms with E-state index < -0.39 is 0 Å². The maximum Gasteiger partial charge on any atom is 0.103 e. The minimum atomic E-state index is 0.314. The van der Waals surface area contributed by atoms with Crippen molar-refractivity contribution in [3.8, 4) is 0 Å². The second kappa shape index (κ2) is 5.52. The van der Waals surface area contributed by atoms with E-state index in [2.05, 4.69) is 44.9 Å². The van der Waals surface area contributed by atoms with Gasteiger partial charge in [0.25, 0.3) is 0 Å². The highest BCUT2D eigenvalue weighted by Crippen LogP contribution is 2.31. The Balaban J connectivity index is 2.70. The van der Waals surface area contributed by atoms with Crippen molar-refractivity contribution >= 4 is 23.1 Å². The van der Waals surface area contributed by atoms with Crippen LogP contribution in [0.1, 0.15) is 49.3 Å². The van der Waals surface area contributed by atoms with Crippen molar-refractivity contribution < 1.29 is 0 Å². The van der Waals surface area contributed by atoms with Crippen molar-refractivity contribution in [1.82, 2.24) is 10.3 Å². The Hall–Kier alpha value is -0.0600. The van der Waals surface area contributed by atoms with Crippen LogP contribution in [0.4, 0.5) is 0 Å². The quantitative estimate of drug-likeness (QED) is 0.890. The van der Waals surface area contributed by atoms with Crippen molar-refractivity contribution in [2.24, 2.45) is 0 Å². The van der Waals surface area contributed by atoms with E-state index in [-0.39, 0.29) is 0 Å². The van der Waals surface area contributed by atoms with E-state index in [9.17, 15) is 0 Å². The summed E-state index contributed by atoms with van der Waals surface area (Å²) in [5, 5.41) is 4.52. The number of thioether (sulfide) groups is 1. The van der Waals surface area contributed by atoms with Gasteiger partial charge >= 0.3 is 0 Å². The van der Waals surface area contributed by atoms with Gasteiger partial charge in [-0.2, -0.15) is 0 Å². The maximum atomic E-state index is 4.64. The first-order chi connectivity index (χ1) is 7.33. The minimum absolute atomic E-state index is 0.314. The summed E-state index contributed by atoms with van der Waals surface area (Å²) < 4.78 is 0.314. The molecule has 1 aromatic heterocycles. The van der Waals surface area contributed by atoms with Crippen molar-refractivity contribution in [1.29, 1.82) is 0 Å². The number of hydrogen-bond acceptors (Lipinski definition) is 4. The molecule has 0 spiro atoms. The number of aryl methyl sites for hydroxylation is 1. The van der Waals surface area contributed by atoms with Crippen molar-refractivity contribution in [2.75, 3.05) is 7.05 Å². The Labute approximate surface area is 107 Å². The van der Waals surface area contributed by atoms with E-state index in [0.29, 0.717) is 10.8 Å². The third-order valence-electron chi connectivity index (χ3n) is 2.33. The van der Waals surface area contributed by atoms with E-state index in [0.717, 1.165) is 5.75 Å². The topological polar surface area (TPSA) is 24.9 Å². The van der Waals surface area contributed by atoms with Crippen molar-refractivity contribution in [3.05, 3.63) is 15.6 Å². The molecule has 0 radical (unpaired) electrons. The van der Waals surface area contributed by atoms with E-state index in [4.69, 9.17) is 0 Å². The number of nitrogens with one attached hydrogen (secondary N) is 1. The van der Waals surface area contributed by atoms with Crippen LogP contribution in [0.5, 0.6) is 0 Å². The van der Waals surface area contributed by atoms with Gasteiger partial charge in [0.15, 0.2) is 0 Å². The monoisotopic (exact) mass is 258 g/mol. The summed E-state index contributed by atoms with van der Waals surface area (Å²) in [6, 6.07) is 0.408. The Morgan fingerprint density at radius 2 is 2.06 bits per heavy atom. The van der Waals surface area contributed by atoms with Gasteiger partial charge in [-0.15, -0.1) is 23.1 Å². The van der Waals surface area contributed by atoms with Crippen LogP contribution in [0.2, 0.25) is 0 Å². The van der Waals surface area contributed by atoms with Crippen molar-refractivity contribution in [2.45, 2.75) is 51.2 Å². The summed E-state index contributed by atoms with van der Waals surface area (Å²) in [4.78, 5) is 6.01. The second-order valence-electron chi connectivity index (χ2n) is 4.97. The number of nitrogens with zero attached hydrogens (tertiary/aromatic N) is 1. The average Bonchev–Trinajstić information content (AvgIpc) is 2.55. The highest BCUT2D eigenvalue weighted by Gasteiger charge is 2.15. The van der Waals surface area contributed by atoms with Crippen LogP contribution in [-0.2, 0) is 5.75 Å². The molecule has 1 heterocycles. The first-order valence-corrected chi connectivity index (χ1v) is 7.41. The molecular formula is C12H22N2S2. The third-order valence-corrected chi connectivity index (χ3v) is 5.14. The molecule has 0 aliphatic heterocycles. The standard InChI is InChI=1S/C12H22N2S2/c1-8(13-6)11-9(2)14-10(16-11)7-15-12(3,4)5/h8,13H,7H2,1-6H3. The van der Waals surface area contributed by atoms with Crippen LogP contribution in [0.25, 0.3) is 0 Å². The maximum absolute atomic E-state index is 4.64. The summed E-state index contributed by atoms with van der Waals surface area (Å²) in [5.41, 5.74) is 1.18. The summed E-state index contributed by atoms with van der Waals surface area (Å²) in [6.45, 7) is 11.0. The molecule has 1 atom stereocenters. The lowest BCUT2D eigenvalue weighted by molar-refractivity contribution is 0.658. The number of aromatic nitrogens is 1. The molecule has 0 aliphatic rings. The fourth-order valence-corrected chi connectivity index (χ4v) is 3.30. The Bertz CT molecular complexity index is 339. The summed E-state index contributed by atoms with van der Waals surface area (Å²) >= 11 is 3.79. The molecule has 0 fully saturated rings. The first kappa shape index (κ1) is 14.0. The number of rotatable bonds is 4. The van der Waals surface area contributed by atoms with E-state index in [1.807, 2.05) is 30.1 Å². The van der Waals surface area contributed by atoms with Crippen LogP contribution >= 0.6 is 23.1 Å². The van der Waals surface area contributed by atoms with Crippen LogP contribution in [0, 0.1) is 6.92 Å². The van der Waals surface area contributed by atoms with Crippen LogP contribution in [0.3, 0.4) is 0 Å². The molecule has 0 saturated heterocycles. The largest absolute Gasteiger partial charge is 0.312 e. The Morgan fingerprint density at radius 1 is 1.44 bits per heavy atom. The summed E-state index contributed by atoms with van der Waals surface area (Å²) in [6.07, 6.45) is 0. The molecular weight excluding hydrogens is 236 g/mol. The second-order valence-corrected chi connectivity index (χ2v) is 7.89. The van der Waals surface area contributed by atoms with Gasteiger partial charge in [0.2, 0.25) is 0 Å². The van der Waals surface area contributed by atoms with E-state index in [1.165, 1.54) is 15.6 Å². The molecule has 0 aromatic carbocycles. The van der Waals surface area contributed by atoms with Crippen LogP contribution in [0.15, 0.2) is 0 Å². The molecule has 0 aliphatic carbocycles. The lowest BCUT2D eigenvalue weighted by Crippen LogP contribution is -2.11. The van der Waals surface area contributed by atoms with Crippen molar-refractivity contribution in [3.63, 3.8) is 0 Å². The van der Waals surface area contributed by atoms with Gasteiger partial charge < -0.3 is 5.32 Å². The normalized spacial score (nSPS) is 14.1. The zero-order valence-electron chi connectivity index (χ0n) is 11.0. The molecule has 1 N–H and O–H groups in total. The molecule has 0 bridgehead atoms. The fourth-order valence-electron chi connectivity index (χ4n) is 1.34. The molecule has 92 valence electrons. The minimum Gasteiger partial charge on any atom is -0.312 e. The lowest BCUT2D eigenvalue weighted by atomic mass is 10.2. The fraction of sp³-hybridized carbons (Fsp3) is 0.750. The molecule has 4 heteroatoms. The van der Waals surface area contributed by atoms with Gasteiger partial charge in [-0.3, -0.25) is 0 Å². The lowest BCUT2D eigenvalue weighted by Gasteiger charge is -2.16. The Kier molecular flexibility index (Phi) is 4.83.